The second-order valence-electron chi connectivity index (χ2n) is 9.93. The minimum Gasteiger partial charge on any atom is -0.469 e. The minimum absolute atomic E-state index is 0.0165. The molecule has 2 aliphatic rings. The van der Waals surface area contributed by atoms with Crippen LogP contribution in [-0.4, -0.2) is 48.7 Å². The van der Waals surface area contributed by atoms with Crippen LogP contribution in [0, 0.1) is 5.92 Å². The molecule has 0 radical (unpaired) electrons. The molecule has 1 N–H and O–H groups in total. The van der Waals surface area contributed by atoms with Crippen LogP contribution < -0.4 is 5.32 Å². The van der Waals surface area contributed by atoms with Gasteiger partial charge >= 0.3 is 5.97 Å². The largest absolute Gasteiger partial charge is 0.469 e. The molecule has 2 atom stereocenters. The smallest absolute Gasteiger partial charge is 0.309 e. The molecule has 196 valence electrons. The Kier molecular flexibility index (Phi) is 8.98. The van der Waals surface area contributed by atoms with Crippen LogP contribution in [0.3, 0.4) is 0 Å². The summed E-state index contributed by atoms with van der Waals surface area (Å²) in [6.07, 6.45) is 4.23. The Balaban J connectivity index is 1.52. The molecule has 2 unspecified atom stereocenters. The van der Waals surface area contributed by atoms with Crippen molar-refractivity contribution < 1.29 is 23.9 Å². The van der Waals surface area contributed by atoms with Gasteiger partial charge in [0.05, 0.1) is 19.2 Å². The highest BCUT2D eigenvalue weighted by atomic mass is 35.5. The fourth-order valence-electron chi connectivity index (χ4n) is 5.25. The summed E-state index contributed by atoms with van der Waals surface area (Å²) in [6.45, 7) is 1.28. The third kappa shape index (κ3) is 6.98. The summed E-state index contributed by atoms with van der Waals surface area (Å²) in [4.78, 5) is 53.2. The molecule has 2 aromatic rings. The van der Waals surface area contributed by atoms with E-state index in [1.54, 1.807) is 18.2 Å². The van der Waals surface area contributed by atoms with Crippen LogP contribution >= 0.6 is 11.6 Å². The number of ketones is 1. The number of hydrogen-bond acceptors (Lipinski definition) is 5. The van der Waals surface area contributed by atoms with E-state index in [-0.39, 0.29) is 36.4 Å². The van der Waals surface area contributed by atoms with Crippen LogP contribution in [0.4, 0.5) is 5.69 Å². The first-order valence-corrected chi connectivity index (χ1v) is 13.3. The Morgan fingerprint density at radius 2 is 1.92 bits per heavy atom. The average molecular weight is 525 g/mol. The van der Waals surface area contributed by atoms with Crippen molar-refractivity contribution in [3.63, 3.8) is 0 Å². The van der Waals surface area contributed by atoms with Crippen LogP contribution in [0.2, 0.25) is 5.02 Å². The molecular weight excluding hydrogens is 492 g/mol. The number of likely N-dealkylation sites (tertiary alicyclic amines) is 1. The number of halogens is 1. The number of nitrogens with one attached hydrogen (secondary N) is 1. The molecule has 0 bridgehead atoms. The van der Waals surface area contributed by atoms with Crippen LogP contribution in [-0.2, 0) is 25.5 Å². The SMILES string of the molecule is COC(=O)Cc1ccc2c(c1)NC(=O)CCCCCC(C(=O)N1CCC(c3cccc(Cl)c3)C1)CC2=O. The molecule has 2 aromatic carbocycles. The Labute approximate surface area is 222 Å². The second kappa shape index (κ2) is 12.4. The Bertz CT molecular complexity index is 1180. The van der Waals surface area contributed by atoms with Gasteiger partial charge in [0.25, 0.3) is 0 Å². The van der Waals surface area contributed by atoms with Gasteiger partial charge in [0.15, 0.2) is 5.78 Å². The predicted octanol–water partition coefficient (Wildman–Crippen LogP) is 5.16. The van der Waals surface area contributed by atoms with Gasteiger partial charge < -0.3 is 15.0 Å². The number of carbonyl (C=O) groups is 4. The summed E-state index contributed by atoms with van der Waals surface area (Å²) in [7, 11) is 1.32. The topological polar surface area (TPSA) is 92.8 Å². The number of benzene rings is 2. The summed E-state index contributed by atoms with van der Waals surface area (Å²) in [5, 5.41) is 3.54. The molecule has 0 aliphatic carbocycles. The third-order valence-electron chi connectivity index (χ3n) is 7.29. The van der Waals surface area contributed by atoms with Gasteiger partial charge in [-0.05, 0) is 54.7 Å². The molecule has 7 nitrogen and oxygen atoms in total. The molecule has 4 rings (SSSR count). The molecule has 0 spiro atoms. The zero-order valence-electron chi connectivity index (χ0n) is 21.1. The number of esters is 1. The number of nitrogens with zero attached hydrogens (tertiary/aromatic N) is 1. The van der Waals surface area contributed by atoms with Gasteiger partial charge in [-0.1, -0.05) is 42.6 Å². The lowest BCUT2D eigenvalue weighted by Gasteiger charge is -2.24. The van der Waals surface area contributed by atoms with Gasteiger partial charge in [-0.3, -0.25) is 19.2 Å². The van der Waals surface area contributed by atoms with Gasteiger partial charge in [0.1, 0.15) is 0 Å². The van der Waals surface area contributed by atoms with Crippen molar-refractivity contribution in [3.05, 3.63) is 64.2 Å². The maximum Gasteiger partial charge on any atom is 0.309 e. The molecule has 8 heteroatoms. The normalized spacial score (nSPS) is 20.9. The Morgan fingerprint density at radius 3 is 2.70 bits per heavy atom. The van der Waals surface area contributed by atoms with E-state index in [2.05, 4.69) is 5.32 Å². The van der Waals surface area contributed by atoms with Crippen molar-refractivity contribution in [2.24, 2.45) is 5.92 Å². The minimum atomic E-state index is -0.414. The van der Waals surface area contributed by atoms with E-state index in [4.69, 9.17) is 16.3 Å². The van der Waals surface area contributed by atoms with E-state index in [0.717, 1.165) is 24.8 Å². The third-order valence-corrected chi connectivity index (χ3v) is 7.53. The van der Waals surface area contributed by atoms with E-state index in [1.165, 1.54) is 7.11 Å². The van der Waals surface area contributed by atoms with Gasteiger partial charge in [-0.2, -0.15) is 0 Å². The van der Waals surface area contributed by atoms with Crippen molar-refractivity contribution in [2.75, 3.05) is 25.5 Å². The van der Waals surface area contributed by atoms with Crippen molar-refractivity contribution in [1.29, 1.82) is 0 Å². The maximum atomic E-state index is 13.6. The number of ether oxygens (including phenoxy) is 1. The number of fused-ring (bicyclic) bond motifs is 1. The number of methoxy groups -OCH3 is 1. The van der Waals surface area contributed by atoms with Crippen molar-refractivity contribution in [2.45, 2.75) is 57.3 Å². The maximum absolute atomic E-state index is 13.6. The number of hydrogen-bond donors (Lipinski definition) is 1. The molecule has 37 heavy (non-hydrogen) atoms. The Hall–Kier alpha value is -3.19. The molecule has 2 aliphatic heterocycles. The van der Waals surface area contributed by atoms with Crippen LogP contribution in [0.15, 0.2) is 42.5 Å². The van der Waals surface area contributed by atoms with Gasteiger partial charge in [0, 0.05) is 48.4 Å². The summed E-state index contributed by atoms with van der Waals surface area (Å²) in [5.41, 5.74) is 2.51. The average Bonchev–Trinajstić information content (AvgIpc) is 3.37. The highest BCUT2D eigenvalue weighted by Crippen LogP contribution is 2.32. The number of Topliss-reactive ketones (excluding diaryl/α,β-unsaturated/α-hetero) is 1. The lowest BCUT2D eigenvalue weighted by Crippen LogP contribution is -2.35. The van der Waals surface area contributed by atoms with Crippen LogP contribution in [0.1, 0.15) is 72.3 Å². The van der Waals surface area contributed by atoms with E-state index in [0.29, 0.717) is 54.2 Å². The standard InChI is InChI=1S/C29H33ClN2O5/c1-37-28(35)15-19-10-11-24-25(14-19)31-27(34)9-4-2-3-6-21(17-26(24)33)29(36)32-13-12-22(18-32)20-7-5-8-23(30)16-20/h5,7-8,10-11,14,16,21-22H,2-4,6,9,12-13,15,17-18H2,1H3,(H,31,34). The Morgan fingerprint density at radius 1 is 1.08 bits per heavy atom. The van der Waals surface area contributed by atoms with Crippen molar-refractivity contribution in [3.8, 4) is 0 Å². The molecule has 0 saturated carbocycles. The first-order valence-electron chi connectivity index (χ1n) is 12.9. The first-order chi connectivity index (χ1) is 17.8. The fourth-order valence-corrected chi connectivity index (χ4v) is 5.45. The van der Waals surface area contributed by atoms with Gasteiger partial charge in [0.2, 0.25) is 11.8 Å². The monoisotopic (exact) mass is 524 g/mol. The molecule has 2 heterocycles. The van der Waals surface area contributed by atoms with E-state index in [1.807, 2.05) is 29.2 Å². The summed E-state index contributed by atoms with van der Waals surface area (Å²) in [5.74, 6) is -0.927. The van der Waals surface area contributed by atoms with Crippen molar-refractivity contribution >= 4 is 40.9 Å². The predicted molar refractivity (Wildman–Crippen MR) is 142 cm³/mol. The van der Waals surface area contributed by atoms with Gasteiger partial charge in [-0.25, -0.2) is 0 Å². The molecule has 1 saturated heterocycles. The summed E-state index contributed by atoms with van der Waals surface area (Å²) in [6, 6.07) is 12.8. The summed E-state index contributed by atoms with van der Waals surface area (Å²) < 4.78 is 4.74. The second-order valence-corrected chi connectivity index (χ2v) is 10.4. The van der Waals surface area contributed by atoms with Crippen molar-refractivity contribution in [1.82, 2.24) is 4.90 Å². The van der Waals surface area contributed by atoms with Crippen LogP contribution in [0.5, 0.6) is 0 Å². The quantitative estimate of drug-likeness (QED) is 0.557. The highest BCUT2D eigenvalue weighted by Gasteiger charge is 2.33. The highest BCUT2D eigenvalue weighted by molar-refractivity contribution is 6.30. The van der Waals surface area contributed by atoms with E-state index >= 15 is 0 Å². The zero-order valence-corrected chi connectivity index (χ0v) is 21.9. The fraction of sp³-hybridized carbons (Fsp3) is 0.448. The zero-order chi connectivity index (χ0) is 26.4. The van der Waals surface area contributed by atoms with Crippen LogP contribution in [0.25, 0.3) is 0 Å². The lowest BCUT2D eigenvalue weighted by molar-refractivity contribution is -0.139. The lowest BCUT2D eigenvalue weighted by atomic mass is 9.90. The van der Waals surface area contributed by atoms with E-state index in [9.17, 15) is 19.2 Å². The first kappa shape index (κ1) is 26.9. The molecular formula is C29H33ClN2O5. The van der Waals surface area contributed by atoms with Gasteiger partial charge in [-0.15, -0.1) is 0 Å². The number of carbonyl (C=O) groups excluding carboxylic acids is 4. The summed E-state index contributed by atoms with van der Waals surface area (Å²) >= 11 is 6.17. The van der Waals surface area contributed by atoms with E-state index < -0.39 is 11.9 Å². The molecule has 1 fully saturated rings. The number of rotatable bonds is 4. The number of amides is 2. The molecule has 2 amide bonds. The number of anilines is 1. The molecule has 0 aromatic heterocycles.